The molecule has 0 fully saturated rings. The first-order valence-corrected chi connectivity index (χ1v) is 9.73. The van der Waals surface area contributed by atoms with Crippen molar-refractivity contribution in [3.05, 3.63) is 73.1 Å². The standard InChI is InChI=1S/C23H16FN7/c1-31-12-15(11-27-31)14-8-19-21(29-30-23(19)26-10-14)20-9-18-17(5-6-25-22(18)28-20)13-3-2-4-16(24)7-13/h2-12H,1H3,(H,25,28)(H,26,29,30). The van der Waals surface area contributed by atoms with Gasteiger partial charge in [0, 0.05) is 47.5 Å². The fraction of sp³-hybridized carbons (Fsp3) is 0.0435. The number of benzene rings is 1. The molecule has 2 N–H and O–H groups in total. The van der Waals surface area contributed by atoms with Gasteiger partial charge in [0.2, 0.25) is 0 Å². The molecule has 0 radical (unpaired) electrons. The molecular weight excluding hydrogens is 393 g/mol. The minimum Gasteiger partial charge on any atom is -0.338 e. The zero-order valence-electron chi connectivity index (χ0n) is 16.5. The maximum atomic E-state index is 13.8. The first-order valence-electron chi connectivity index (χ1n) is 9.73. The molecule has 0 saturated heterocycles. The van der Waals surface area contributed by atoms with Gasteiger partial charge in [0.25, 0.3) is 0 Å². The molecule has 31 heavy (non-hydrogen) atoms. The van der Waals surface area contributed by atoms with Gasteiger partial charge in [-0.1, -0.05) is 12.1 Å². The van der Waals surface area contributed by atoms with Crippen molar-refractivity contribution in [2.75, 3.05) is 0 Å². The number of aromatic amines is 2. The Kier molecular flexibility index (Phi) is 3.73. The van der Waals surface area contributed by atoms with E-state index in [1.807, 2.05) is 37.5 Å². The highest BCUT2D eigenvalue weighted by atomic mass is 19.1. The average Bonchev–Trinajstić information content (AvgIpc) is 3.50. The minimum absolute atomic E-state index is 0.273. The van der Waals surface area contributed by atoms with E-state index in [4.69, 9.17) is 0 Å². The van der Waals surface area contributed by atoms with Crippen LogP contribution in [0.3, 0.4) is 0 Å². The van der Waals surface area contributed by atoms with Gasteiger partial charge in [0.05, 0.1) is 11.9 Å². The lowest BCUT2D eigenvalue weighted by atomic mass is 10.0. The minimum atomic E-state index is -0.273. The van der Waals surface area contributed by atoms with Gasteiger partial charge < -0.3 is 4.98 Å². The van der Waals surface area contributed by atoms with Crippen molar-refractivity contribution in [3.63, 3.8) is 0 Å². The highest BCUT2D eigenvalue weighted by Gasteiger charge is 2.16. The van der Waals surface area contributed by atoms with Crippen LogP contribution < -0.4 is 0 Å². The van der Waals surface area contributed by atoms with Crippen LogP contribution in [0, 0.1) is 5.82 Å². The summed E-state index contributed by atoms with van der Waals surface area (Å²) in [7, 11) is 1.88. The predicted octanol–water partition coefficient (Wildman–Crippen LogP) is 4.71. The number of hydrogen-bond donors (Lipinski definition) is 2. The Morgan fingerprint density at radius 3 is 2.68 bits per heavy atom. The molecule has 1 aromatic carbocycles. The molecule has 0 spiro atoms. The van der Waals surface area contributed by atoms with Crippen molar-refractivity contribution >= 4 is 22.1 Å². The molecule has 6 rings (SSSR count). The summed E-state index contributed by atoms with van der Waals surface area (Å²) in [4.78, 5) is 12.3. The van der Waals surface area contributed by atoms with Gasteiger partial charge in [-0.15, -0.1) is 0 Å². The smallest absolute Gasteiger partial charge is 0.155 e. The molecule has 150 valence electrons. The second kappa shape index (κ2) is 6.60. The van der Waals surface area contributed by atoms with Crippen molar-refractivity contribution in [2.45, 2.75) is 0 Å². The van der Waals surface area contributed by atoms with Crippen LogP contribution in [0.15, 0.2) is 67.3 Å². The fourth-order valence-corrected chi connectivity index (χ4v) is 3.90. The Balaban J connectivity index is 1.51. The zero-order valence-corrected chi connectivity index (χ0v) is 16.5. The Labute approximate surface area is 175 Å². The molecular formula is C23H16FN7. The molecule has 0 unspecified atom stereocenters. The summed E-state index contributed by atoms with van der Waals surface area (Å²) in [5, 5.41) is 13.5. The fourth-order valence-electron chi connectivity index (χ4n) is 3.90. The van der Waals surface area contributed by atoms with Crippen molar-refractivity contribution < 1.29 is 4.39 Å². The highest BCUT2D eigenvalue weighted by molar-refractivity contribution is 5.99. The summed E-state index contributed by atoms with van der Waals surface area (Å²) in [6.45, 7) is 0. The van der Waals surface area contributed by atoms with Crippen molar-refractivity contribution in [2.24, 2.45) is 7.05 Å². The van der Waals surface area contributed by atoms with Crippen LogP contribution in [-0.2, 0) is 7.05 Å². The quantitative estimate of drug-likeness (QED) is 0.443. The Morgan fingerprint density at radius 1 is 0.903 bits per heavy atom. The van der Waals surface area contributed by atoms with E-state index in [0.29, 0.717) is 11.3 Å². The highest BCUT2D eigenvalue weighted by Crippen LogP contribution is 2.34. The van der Waals surface area contributed by atoms with Crippen LogP contribution in [0.2, 0.25) is 0 Å². The average molecular weight is 409 g/mol. The van der Waals surface area contributed by atoms with Gasteiger partial charge in [-0.05, 0) is 41.5 Å². The predicted molar refractivity (Wildman–Crippen MR) is 117 cm³/mol. The third-order valence-electron chi connectivity index (χ3n) is 5.38. The number of H-pyrrole nitrogens is 2. The van der Waals surface area contributed by atoms with Crippen molar-refractivity contribution in [3.8, 4) is 33.6 Å². The third kappa shape index (κ3) is 2.88. The van der Waals surface area contributed by atoms with E-state index in [1.165, 1.54) is 12.1 Å². The van der Waals surface area contributed by atoms with Gasteiger partial charge in [0.15, 0.2) is 5.65 Å². The Bertz CT molecular complexity index is 1570. The van der Waals surface area contributed by atoms with Crippen LogP contribution in [0.25, 0.3) is 55.7 Å². The molecule has 6 aromatic rings. The van der Waals surface area contributed by atoms with Crippen molar-refractivity contribution in [1.82, 2.24) is 34.9 Å². The first kappa shape index (κ1) is 17.5. The molecule has 0 aliphatic rings. The molecule has 0 saturated carbocycles. The normalized spacial score (nSPS) is 11.5. The van der Waals surface area contributed by atoms with E-state index in [2.05, 4.69) is 30.2 Å². The number of aryl methyl sites for hydroxylation is 1. The van der Waals surface area contributed by atoms with Crippen LogP contribution >= 0.6 is 0 Å². The molecule has 0 atom stereocenters. The summed E-state index contributed by atoms with van der Waals surface area (Å²) in [5.41, 5.74) is 6.60. The summed E-state index contributed by atoms with van der Waals surface area (Å²) < 4.78 is 15.5. The Hall–Kier alpha value is -4.33. The molecule has 5 aromatic heterocycles. The molecule has 8 heteroatoms. The largest absolute Gasteiger partial charge is 0.338 e. The molecule has 0 bridgehead atoms. The van der Waals surface area contributed by atoms with E-state index < -0.39 is 0 Å². The number of hydrogen-bond acceptors (Lipinski definition) is 4. The lowest BCUT2D eigenvalue weighted by Crippen LogP contribution is -1.84. The zero-order chi connectivity index (χ0) is 20.9. The molecule has 0 aliphatic carbocycles. The molecule has 0 amide bonds. The molecule has 0 aliphatic heterocycles. The second-order valence-corrected chi connectivity index (χ2v) is 7.41. The molecule has 7 nitrogen and oxygen atoms in total. The number of nitrogens with one attached hydrogen (secondary N) is 2. The molecule has 5 heterocycles. The van der Waals surface area contributed by atoms with Gasteiger partial charge >= 0.3 is 0 Å². The van der Waals surface area contributed by atoms with Gasteiger partial charge in [-0.25, -0.2) is 14.4 Å². The van der Waals surface area contributed by atoms with E-state index in [9.17, 15) is 4.39 Å². The topological polar surface area (TPSA) is 88.1 Å². The van der Waals surface area contributed by atoms with Crippen LogP contribution in [0.1, 0.15) is 0 Å². The van der Waals surface area contributed by atoms with E-state index in [0.717, 1.165) is 44.4 Å². The monoisotopic (exact) mass is 409 g/mol. The number of halogens is 1. The lowest BCUT2D eigenvalue weighted by molar-refractivity contribution is 0.628. The van der Waals surface area contributed by atoms with Gasteiger partial charge in [-0.2, -0.15) is 10.2 Å². The van der Waals surface area contributed by atoms with Crippen LogP contribution in [-0.4, -0.2) is 34.9 Å². The van der Waals surface area contributed by atoms with Gasteiger partial charge in [-0.3, -0.25) is 9.78 Å². The number of nitrogens with zero attached hydrogens (tertiary/aromatic N) is 5. The number of pyridine rings is 2. The van der Waals surface area contributed by atoms with E-state index in [1.54, 1.807) is 29.3 Å². The first-order chi connectivity index (χ1) is 15.2. The summed E-state index contributed by atoms with van der Waals surface area (Å²) >= 11 is 0. The lowest BCUT2D eigenvalue weighted by Gasteiger charge is -2.02. The maximum absolute atomic E-state index is 13.8. The van der Waals surface area contributed by atoms with E-state index >= 15 is 0 Å². The summed E-state index contributed by atoms with van der Waals surface area (Å²) in [6.07, 6.45) is 7.27. The maximum Gasteiger partial charge on any atom is 0.155 e. The summed E-state index contributed by atoms with van der Waals surface area (Å²) in [6, 6.07) is 12.5. The summed E-state index contributed by atoms with van der Waals surface area (Å²) in [5.74, 6) is -0.273. The second-order valence-electron chi connectivity index (χ2n) is 7.41. The van der Waals surface area contributed by atoms with Crippen molar-refractivity contribution in [1.29, 1.82) is 0 Å². The van der Waals surface area contributed by atoms with Gasteiger partial charge in [0.1, 0.15) is 17.2 Å². The number of rotatable bonds is 3. The van der Waals surface area contributed by atoms with Crippen LogP contribution in [0.4, 0.5) is 4.39 Å². The number of fused-ring (bicyclic) bond motifs is 2. The third-order valence-corrected chi connectivity index (χ3v) is 5.38. The van der Waals surface area contributed by atoms with E-state index in [-0.39, 0.29) is 5.82 Å². The van der Waals surface area contributed by atoms with Crippen LogP contribution in [0.5, 0.6) is 0 Å². The SMILES string of the molecule is Cn1cc(-c2cnc3[nH]nc(-c4cc5c(-c6cccc(F)c6)ccnc5[nH]4)c3c2)cn1. The Morgan fingerprint density at radius 2 is 1.84 bits per heavy atom. The number of aromatic nitrogens is 7.